The van der Waals surface area contributed by atoms with Gasteiger partial charge in [-0.3, -0.25) is 4.57 Å². The summed E-state index contributed by atoms with van der Waals surface area (Å²) >= 11 is 0. The Balaban J connectivity index is 1.67. The number of nitrogens with zero attached hydrogens (tertiary/aromatic N) is 5. The Morgan fingerprint density at radius 1 is 1.00 bits per heavy atom. The minimum Gasteiger partial charge on any atom is -0.449 e. The van der Waals surface area contributed by atoms with E-state index >= 15 is 0 Å². The zero-order chi connectivity index (χ0) is 24.1. The van der Waals surface area contributed by atoms with Crippen molar-refractivity contribution in [3.63, 3.8) is 0 Å². The molecule has 0 atom stereocenters. The highest BCUT2D eigenvalue weighted by Gasteiger charge is 2.24. The average molecular weight is 464 g/mol. The number of H-pyrrole nitrogens is 1. The van der Waals surface area contributed by atoms with Gasteiger partial charge in [0, 0.05) is 12.0 Å². The van der Waals surface area contributed by atoms with Crippen LogP contribution in [0.2, 0.25) is 0 Å². The molecular weight excluding hydrogens is 444 g/mol. The second-order valence-corrected chi connectivity index (χ2v) is 7.20. The van der Waals surface area contributed by atoms with Gasteiger partial charge in [-0.05, 0) is 33.5 Å². The zero-order valence-electron chi connectivity index (χ0n) is 18.0. The molecule has 0 aliphatic carbocycles. The number of nitrogens with one attached hydrogen (secondary N) is 1. The van der Waals surface area contributed by atoms with Crippen LogP contribution >= 0.6 is 0 Å². The molecule has 34 heavy (non-hydrogen) atoms. The van der Waals surface area contributed by atoms with Crippen LogP contribution in [0, 0.1) is 0 Å². The van der Waals surface area contributed by atoms with Gasteiger partial charge in [-0.2, -0.15) is 4.98 Å². The summed E-state index contributed by atoms with van der Waals surface area (Å²) in [5, 5.41) is 32.1. The Morgan fingerprint density at radius 3 is 2.32 bits per heavy atom. The molecule has 2 aromatic carbocycles. The van der Waals surface area contributed by atoms with Crippen molar-refractivity contribution in [3.05, 3.63) is 59.9 Å². The molecule has 0 saturated heterocycles. The summed E-state index contributed by atoms with van der Waals surface area (Å²) in [6.07, 6.45) is -2.06. The fourth-order valence-corrected chi connectivity index (χ4v) is 3.55. The van der Waals surface area contributed by atoms with E-state index in [1.54, 1.807) is 0 Å². The van der Waals surface area contributed by atoms with Crippen LogP contribution in [0.4, 0.5) is 9.59 Å². The van der Waals surface area contributed by atoms with Gasteiger partial charge in [-0.1, -0.05) is 55.5 Å². The number of aromatic amines is 1. The quantitative estimate of drug-likeness (QED) is 0.326. The van der Waals surface area contributed by atoms with Crippen molar-refractivity contribution in [1.29, 1.82) is 0 Å². The highest BCUT2D eigenvalue weighted by atomic mass is 16.7. The first kappa shape index (κ1) is 22.5. The van der Waals surface area contributed by atoms with Gasteiger partial charge < -0.3 is 19.7 Å². The molecule has 0 unspecified atom stereocenters. The van der Waals surface area contributed by atoms with Crippen molar-refractivity contribution in [3.8, 4) is 34.3 Å². The van der Waals surface area contributed by atoms with Crippen molar-refractivity contribution < 1.29 is 29.3 Å². The molecule has 4 rings (SSSR count). The lowest BCUT2D eigenvalue weighted by Gasteiger charge is -2.12. The van der Waals surface area contributed by atoms with Crippen LogP contribution in [-0.4, -0.2) is 52.7 Å². The maximum atomic E-state index is 11.2. The van der Waals surface area contributed by atoms with E-state index in [2.05, 4.69) is 30.3 Å². The summed E-state index contributed by atoms with van der Waals surface area (Å²) in [4.78, 5) is 26.4. The summed E-state index contributed by atoms with van der Waals surface area (Å²) in [6.45, 7) is 2.12. The van der Waals surface area contributed by atoms with E-state index in [1.807, 2.05) is 55.5 Å². The SMILES string of the molecule is CCCc1nc(OC(=O)O)c(OC(=O)O)n1Cc1ccc(-c2ccccc2-c2nnn[nH]2)cc1. The number of rotatable bonds is 8. The zero-order valence-corrected chi connectivity index (χ0v) is 18.0. The van der Waals surface area contributed by atoms with Gasteiger partial charge >= 0.3 is 12.3 Å². The number of carbonyl (C=O) groups is 2. The number of ether oxygens (including phenoxy) is 2. The number of hydrogen-bond acceptors (Lipinski definition) is 8. The lowest BCUT2D eigenvalue weighted by molar-refractivity contribution is 0.129. The predicted molar refractivity (Wildman–Crippen MR) is 118 cm³/mol. The van der Waals surface area contributed by atoms with E-state index in [0.29, 0.717) is 24.5 Å². The molecular formula is C22H20N6O6. The number of aromatic nitrogens is 6. The molecule has 0 saturated carbocycles. The summed E-state index contributed by atoms with van der Waals surface area (Å²) in [5.41, 5.74) is 3.50. The Hall–Kier alpha value is -4.74. The molecule has 0 amide bonds. The molecule has 12 heteroatoms. The Bertz CT molecular complexity index is 1300. The minimum atomic E-state index is -1.62. The topological polar surface area (TPSA) is 165 Å². The summed E-state index contributed by atoms with van der Waals surface area (Å²) in [5.74, 6) is 0.293. The van der Waals surface area contributed by atoms with Crippen molar-refractivity contribution in [2.45, 2.75) is 26.3 Å². The smallest absolute Gasteiger partial charge is 0.449 e. The number of imidazole rings is 1. The summed E-state index contributed by atoms with van der Waals surface area (Å²) < 4.78 is 11.0. The van der Waals surface area contributed by atoms with Gasteiger partial charge in [0.2, 0.25) is 0 Å². The number of tetrazole rings is 1. The second kappa shape index (κ2) is 9.81. The van der Waals surface area contributed by atoms with Gasteiger partial charge in [0.15, 0.2) is 5.82 Å². The first-order valence-electron chi connectivity index (χ1n) is 10.3. The number of carboxylic acid groups (broad SMARTS) is 2. The van der Waals surface area contributed by atoms with Crippen LogP contribution in [0.1, 0.15) is 24.7 Å². The van der Waals surface area contributed by atoms with E-state index in [9.17, 15) is 9.59 Å². The third-order valence-corrected chi connectivity index (χ3v) is 4.95. The van der Waals surface area contributed by atoms with Crippen LogP contribution < -0.4 is 9.47 Å². The van der Waals surface area contributed by atoms with Crippen molar-refractivity contribution in [2.24, 2.45) is 0 Å². The summed E-state index contributed by atoms with van der Waals surface area (Å²) in [6, 6.07) is 15.3. The van der Waals surface area contributed by atoms with Crippen LogP contribution in [0.15, 0.2) is 48.5 Å². The van der Waals surface area contributed by atoms with Gasteiger partial charge in [0.25, 0.3) is 11.8 Å². The minimum absolute atomic E-state index is 0.196. The van der Waals surface area contributed by atoms with Crippen molar-refractivity contribution >= 4 is 12.3 Å². The standard InChI is InChI=1S/C22H20N6O6/c1-2-5-17-23-19(33-21(29)30)20(34-22(31)32)28(17)12-13-8-10-14(11-9-13)15-6-3-4-7-16(15)18-24-26-27-25-18/h3-4,6-11H,2,5,12H2,1H3,(H,29,30)(H,31,32)(H,24,25,26,27). The lowest BCUT2D eigenvalue weighted by atomic mass is 9.98. The molecule has 4 aromatic rings. The van der Waals surface area contributed by atoms with Gasteiger partial charge in [-0.25, -0.2) is 14.7 Å². The van der Waals surface area contributed by atoms with E-state index in [-0.39, 0.29) is 12.4 Å². The molecule has 0 aliphatic heterocycles. The van der Waals surface area contributed by atoms with E-state index < -0.39 is 18.2 Å². The maximum Gasteiger partial charge on any atom is 0.512 e. The van der Waals surface area contributed by atoms with Gasteiger partial charge in [-0.15, -0.1) is 5.10 Å². The fourth-order valence-electron chi connectivity index (χ4n) is 3.55. The molecule has 3 N–H and O–H groups in total. The van der Waals surface area contributed by atoms with Crippen molar-refractivity contribution in [2.75, 3.05) is 0 Å². The highest BCUT2D eigenvalue weighted by Crippen LogP contribution is 2.32. The summed E-state index contributed by atoms with van der Waals surface area (Å²) in [7, 11) is 0. The molecule has 0 radical (unpaired) electrons. The van der Waals surface area contributed by atoms with Crippen LogP contribution in [0.5, 0.6) is 11.8 Å². The largest absolute Gasteiger partial charge is 0.512 e. The third-order valence-electron chi connectivity index (χ3n) is 4.95. The van der Waals surface area contributed by atoms with E-state index in [4.69, 9.17) is 14.9 Å². The molecule has 0 fully saturated rings. The maximum absolute atomic E-state index is 11.2. The Morgan fingerprint density at radius 2 is 1.71 bits per heavy atom. The molecule has 174 valence electrons. The van der Waals surface area contributed by atoms with Gasteiger partial charge in [0.1, 0.15) is 5.82 Å². The van der Waals surface area contributed by atoms with E-state index in [0.717, 1.165) is 22.3 Å². The number of aryl methyl sites for hydroxylation is 1. The normalized spacial score (nSPS) is 10.7. The van der Waals surface area contributed by atoms with Crippen molar-refractivity contribution in [1.82, 2.24) is 30.2 Å². The average Bonchev–Trinajstić information content (AvgIpc) is 3.44. The molecule has 2 heterocycles. The Kier molecular flexibility index (Phi) is 6.48. The molecule has 0 bridgehead atoms. The van der Waals surface area contributed by atoms with Gasteiger partial charge in [0.05, 0.1) is 6.54 Å². The Labute approximate surface area is 192 Å². The van der Waals surface area contributed by atoms with Crippen LogP contribution in [0.3, 0.4) is 0 Å². The highest BCUT2D eigenvalue weighted by molar-refractivity contribution is 5.80. The molecule has 12 nitrogen and oxygen atoms in total. The molecule has 2 aromatic heterocycles. The van der Waals surface area contributed by atoms with E-state index in [1.165, 1.54) is 4.57 Å². The second-order valence-electron chi connectivity index (χ2n) is 7.20. The fraction of sp³-hybridized carbons (Fsp3) is 0.182. The first-order chi connectivity index (χ1) is 16.5. The predicted octanol–water partition coefficient (Wildman–Crippen LogP) is 3.84. The number of hydrogen-bond donors (Lipinski definition) is 3. The monoisotopic (exact) mass is 464 g/mol. The third kappa shape index (κ3) is 4.85. The first-order valence-corrected chi connectivity index (χ1v) is 10.3. The van der Waals surface area contributed by atoms with Crippen LogP contribution in [-0.2, 0) is 13.0 Å². The lowest BCUT2D eigenvalue weighted by Crippen LogP contribution is -2.13. The number of benzene rings is 2. The molecule has 0 spiro atoms. The van der Waals surface area contributed by atoms with Crippen LogP contribution in [0.25, 0.3) is 22.5 Å². The molecule has 0 aliphatic rings.